The summed E-state index contributed by atoms with van der Waals surface area (Å²) < 4.78 is 0. The molecule has 0 aliphatic heterocycles. The number of amides is 2. The van der Waals surface area contributed by atoms with E-state index in [0.29, 0.717) is 12.1 Å². The first-order chi connectivity index (χ1) is 10.5. The molecule has 0 saturated heterocycles. The number of carbonyl (C=O) groups is 3. The lowest BCUT2D eigenvalue weighted by Crippen LogP contribution is -2.30. The third kappa shape index (κ3) is 5.55. The van der Waals surface area contributed by atoms with Gasteiger partial charge in [0.15, 0.2) is 0 Å². The lowest BCUT2D eigenvalue weighted by molar-refractivity contribution is -0.135. The highest BCUT2D eigenvalue weighted by molar-refractivity contribution is 5.95. The predicted octanol–water partition coefficient (Wildman–Crippen LogP) is 1.55. The van der Waals surface area contributed by atoms with E-state index in [2.05, 4.69) is 10.6 Å². The minimum Gasteiger partial charge on any atom is -0.480 e. The minimum atomic E-state index is -1.10. The van der Waals surface area contributed by atoms with Gasteiger partial charge in [0.1, 0.15) is 6.54 Å². The maximum absolute atomic E-state index is 11.9. The Morgan fingerprint density at radius 3 is 2.41 bits per heavy atom. The number of hydrogen-bond acceptors (Lipinski definition) is 3. The largest absolute Gasteiger partial charge is 0.480 e. The lowest BCUT2D eigenvalue weighted by Gasteiger charge is -2.13. The average Bonchev–Trinajstić information content (AvgIpc) is 2.52. The molecule has 120 valence electrons. The van der Waals surface area contributed by atoms with Crippen LogP contribution in [0.2, 0.25) is 0 Å². The molecule has 6 heteroatoms. The number of benzene rings is 1. The number of carboxylic acid groups (broad SMARTS) is 1. The number of nitrogens with one attached hydrogen (secondary N) is 2. The van der Waals surface area contributed by atoms with Crippen molar-refractivity contribution in [2.45, 2.75) is 33.2 Å². The molecule has 0 aliphatic rings. The van der Waals surface area contributed by atoms with Gasteiger partial charge in [0.25, 0.3) is 5.91 Å². The number of aliphatic carboxylic acids is 1. The second-order valence-electron chi connectivity index (χ2n) is 5.01. The number of hydrogen-bond donors (Lipinski definition) is 3. The highest BCUT2D eigenvalue weighted by Gasteiger charge is 2.13. The van der Waals surface area contributed by atoms with Gasteiger partial charge in [-0.15, -0.1) is 0 Å². The van der Waals surface area contributed by atoms with Crippen LogP contribution < -0.4 is 10.6 Å². The summed E-state index contributed by atoms with van der Waals surface area (Å²) in [5.41, 5.74) is 1.16. The fourth-order valence-electron chi connectivity index (χ4n) is 2.07. The van der Waals surface area contributed by atoms with Gasteiger partial charge in [-0.05, 0) is 30.5 Å². The Morgan fingerprint density at radius 1 is 1.14 bits per heavy atom. The van der Waals surface area contributed by atoms with E-state index in [4.69, 9.17) is 5.11 Å². The lowest BCUT2D eigenvalue weighted by atomic mass is 10.0. The minimum absolute atomic E-state index is 0.00190. The van der Waals surface area contributed by atoms with Crippen molar-refractivity contribution in [2.75, 3.05) is 6.54 Å². The van der Waals surface area contributed by atoms with Crippen LogP contribution in [-0.2, 0) is 16.1 Å². The molecule has 1 rings (SSSR count). The summed E-state index contributed by atoms with van der Waals surface area (Å²) in [6, 6.07) is 6.75. The van der Waals surface area contributed by atoms with Crippen LogP contribution in [0.3, 0.4) is 0 Å². The van der Waals surface area contributed by atoms with E-state index in [9.17, 15) is 14.4 Å². The highest BCUT2D eigenvalue weighted by Crippen LogP contribution is 2.09. The summed E-state index contributed by atoms with van der Waals surface area (Å²) >= 11 is 0. The van der Waals surface area contributed by atoms with E-state index in [1.54, 1.807) is 24.3 Å². The van der Waals surface area contributed by atoms with E-state index < -0.39 is 18.4 Å². The van der Waals surface area contributed by atoms with Crippen molar-refractivity contribution in [2.24, 2.45) is 5.92 Å². The van der Waals surface area contributed by atoms with Gasteiger partial charge in [0.2, 0.25) is 5.91 Å². The van der Waals surface area contributed by atoms with Crippen LogP contribution in [-0.4, -0.2) is 29.4 Å². The first-order valence-electron chi connectivity index (χ1n) is 7.34. The molecule has 0 radical (unpaired) electrons. The molecular weight excluding hydrogens is 284 g/mol. The van der Waals surface area contributed by atoms with Gasteiger partial charge in [-0.25, -0.2) is 0 Å². The SMILES string of the molecule is CCC(CC)C(=O)NCc1cccc(C(=O)NCC(=O)O)c1. The van der Waals surface area contributed by atoms with E-state index in [1.165, 1.54) is 0 Å². The Kier molecular flexibility index (Phi) is 7.08. The number of carbonyl (C=O) groups excluding carboxylic acids is 2. The fourth-order valence-corrected chi connectivity index (χ4v) is 2.07. The second kappa shape index (κ2) is 8.81. The molecule has 0 heterocycles. The topological polar surface area (TPSA) is 95.5 Å². The van der Waals surface area contributed by atoms with Crippen LogP contribution in [0.15, 0.2) is 24.3 Å². The van der Waals surface area contributed by atoms with Crippen molar-refractivity contribution in [3.05, 3.63) is 35.4 Å². The third-order valence-electron chi connectivity index (χ3n) is 3.41. The maximum Gasteiger partial charge on any atom is 0.322 e. The van der Waals surface area contributed by atoms with Crippen molar-refractivity contribution in [1.82, 2.24) is 10.6 Å². The molecule has 0 bridgehead atoms. The molecule has 22 heavy (non-hydrogen) atoms. The Balaban J connectivity index is 2.62. The molecule has 6 nitrogen and oxygen atoms in total. The molecule has 0 aliphatic carbocycles. The Morgan fingerprint density at radius 2 is 1.82 bits per heavy atom. The normalized spacial score (nSPS) is 10.3. The van der Waals surface area contributed by atoms with E-state index in [0.717, 1.165) is 18.4 Å². The Hall–Kier alpha value is -2.37. The van der Waals surface area contributed by atoms with Gasteiger partial charge in [0, 0.05) is 18.0 Å². The van der Waals surface area contributed by atoms with Gasteiger partial charge >= 0.3 is 5.97 Å². The fraction of sp³-hybridized carbons (Fsp3) is 0.438. The van der Waals surface area contributed by atoms with E-state index >= 15 is 0 Å². The van der Waals surface area contributed by atoms with E-state index in [-0.39, 0.29) is 11.8 Å². The maximum atomic E-state index is 11.9. The van der Waals surface area contributed by atoms with Crippen LogP contribution in [0, 0.1) is 5.92 Å². The van der Waals surface area contributed by atoms with Crippen LogP contribution in [0.5, 0.6) is 0 Å². The van der Waals surface area contributed by atoms with Crippen LogP contribution in [0.4, 0.5) is 0 Å². The Bertz CT molecular complexity index is 539. The molecule has 0 saturated carbocycles. The molecule has 0 spiro atoms. The Labute approximate surface area is 129 Å². The molecule has 3 N–H and O–H groups in total. The number of carboxylic acids is 1. The van der Waals surface area contributed by atoms with Crippen LogP contribution in [0.1, 0.15) is 42.6 Å². The molecule has 0 fully saturated rings. The smallest absolute Gasteiger partial charge is 0.322 e. The predicted molar refractivity (Wildman–Crippen MR) is 82.3 cm³/mol. The molecule has 0 unspecified atom stereocenters. The third-order valence-corrected chi connectivity index (χ3v) is 3.41. The standard InChI is InChI=1S/C16H22N2O4/c1-3-12(4-2)15(21)17-9-11-6-5-7-13(8-11)16(22)18-10-14(19)20/h5-8,12H,3-4,9-10H2,1-2H3,(H,17,21)(H,18,22)(H,19,20). The van der Waals surface area contributed by atoms with Crippen molar-refractivity contribution >= 4 is 17.8 Å². The van der Waals surface area contributed by atoms with E-state index in [1.807, 2.05) is 13.8 Å². The first-order valence-corrected chi connectivity index (χ1v) is 7.34. The average molecular weight is 306 g/mol. The van der Waals surface area contributed by atoms with Crippen LogP contribution in [0.25, 0.3) is 0 Å². The summed E-state index contributed by atoms with van der Waals surface area (Å²) in [6.07, 6.45) is 1.58. The van der Waals surface area contributed by atoms with Crippen molar-refractivity contribution in [3.8, 4) is 0 Å². The highest BCUT2D eigenvalue weighted by atomic mass is 16.4. The molecule has 2 amide bonds. The van der Waals surface area contributed by atoms with Gasteiger partial charge in [0.05, 0.1) is 0 Å². The summed E-state index contributed by atoms with van der Waals surface area (Å²) in [6.45, 7) is 3.87. The van der Waals surface area contributed by atoms with Crippen molar-refractivity contribution in [1.29, 1.82) is 0 Å². The van der Waals surface area contributed by atoms with Gasteiger partial charge in [-0.1, -0.05) is 26.0 Å². The molecule has 1 aromatic carbocycles. The van der Waals surface area contributed by atoms with Crippen LogP contribution >= 0.6 is 0 Å². The second-order valence-corrected chi connectivity index (χ2v) is 5.01. The van der Waals surface area contributed by atoms with Gasteiger partial charge < -0.3 is 15.7 Å². The zero-order valence-corrected chi connectivity index (χ0v) is 12.9. The molecule has 0 atom stereocenters. The van der Waals surface area contributed by atoms with Gasteiger partial charge in [-0.2, -0.15) is 0 Å². The van der Waals surface area contributed by atoms with Crippen molar-refractivity contribution in [3.63, 3.8) is 0 Å². The van der Waals surface area contributed by atoms with Gasteiger partial charge in [-0.3, -0.25) is 14.4 Å². The first kappa shape index (κ1) is 17.7. The zero-order valence-electron chi connectivity index (χ0n) is 12.9. The molecular formula is C16H22N2O4. The molecule has 1 aromatic rings. The zero-order chi connectivity index (χ0) is 16.5. The summed E-state index contributed by atoms with van der Waals surface area (Å²) in [5, 5.41) is 13.7. The summed E-state index contributed by atoms with van der Waals surface area (Å²) in [5.74, 6) is -1.54. The quantitative estimate of drug-likeness (QED) is 0.679. The van der Waals surface area contributed by atoms with Crippen molar-refractivity contribution < 1.29 is 19.5 Å². The number of rotatable bonds is 8. The summed E-state index contributed by atoms with van der Waals surface area (Å²) in [4.78, 5) is 34.1. The summed E-state index contributed by atoms with van der Waals surface area (Å²) in [7, 11) is 0. The molecule has 0 aromatic heterocycles. The monoisotopic (exact) mass is 306 g/mol.